The quantitative estimate of drug-likeness (QED) is 0.783. The van der Waals surface area contributed by atoms with Crippen molar-refractivity contribution in [2.45, 2.75) is 19.2 Å². The molecule has 0 bridgehead atoms. The summed E-state index contributed by atoms with van der Waals surface area (Å²) in [5.74, 6) is 1.49. The molecule has 2 rings (SSSR count). The normalized spacial score (nSPS) is 10.3. The molecule has 2 nitrogen and oxygen atoms in total. The van der Waals surface area contributed by atoms with Crippen LogP contribution < -0.4 is 4.74 Å². The van der Waals surface area contributed by atoms with Crippen molar-refractivity contribution in [1.29, 1.82) is 0 Å². The van der Waals surface area contributed by atoms with Crippen molar-refractivity contribution in [3.63, 3.8) is 0 Å². The van der Waals surface area contributed by atoms with Gasteiger partial charge in [-0.15, -0.1) is 0 Å². The van der Waals surface area contributed by atoms with Crippen molar-refractivity contribution in [2.24, 2.45) is 0 Å². The molecule has 88 valence electrons. The molecule has 0 saturated heterocycles. The summed E-state index contributed by atoms with van der Waals surface area (Å²) in [4.78, 5) is 4.26. The number of hydrogen-bond donors (Lipinski definition) is 0. The van der Waals surface area contributed by atoms with Gasteiger partial charge in [0.25, 0.3) is 0 Å². The third-order valence-electron chi connectivity index (χ3n) is 2.51. The van der Waals surface area contributed by atoms with Gasteiger partial charge in [-0.1, -0.05) is 34.1 Å². The Bertz CT molecular complexity index is 508. The Labute approximate surface area is 110 Å². The van der Waals surface area contributed by atoms with Gasteiger partial charge in [0.2, 0.25) is 5.88 Å². The summed E-state index contributed by atoms with van der Waals surface area (Å²) in [6.45, 7) is 4.08. The smallest absolute Gasteiger partial charge is 0.219 e. The van der Waals surface area contributed by atoms with Crippen LogP contribution in [0.2, 0.25) is 0 Å². The van der Waals surface area contributed by atoms with Gasteiger partial charge in [-0.05, 0) is 36.6 Å². The number of halogens is 1. The number of hydrogen-bond acceptors (Lipinski definition) is 2. The third-order valence-corrected chi connectivity index (χ3v) is 3.16. The highest BCUT2D eigenvalue weighted by Crippen LogP contribution is 2.24. The van der Waals surface area contributed by atoms with Crippen LogP contribution in [0.25, 0.3) is 0 Å². The van der Waals surface area contributed by atoms with Crippen molar-refractivity contribution >= 4 is 15.9 Å². The van der Waals surface area contributed by atoms with Crippen molar-refractivity contribution in [3.8, 4) is 11.6 Å². The third kappa shape index (κ3) is 3.07. The van der Waals surface area contributed by atoms with Crippen LogP contribution >= 0.6 is 15.9 Å². The van der Waals surface area contributed by atoms with E-state index >= 15 is 0 Å². The number of benzene rings is 1. The molecule has 1 heterocycles. The molecule has 0 spiro atoms. The Balaban J connectivity index is 2.22. The van der Waals surface area contributed by atoms with Gasteiger partial charge >= 0.3 is 0 Å². The summed E-state index contributed by atoms with van der Waals surface area (Å²) < 4.78 is 5.76. The molecule has 0 amide bonds. The number of pyridine rings is 1. The van der Waals surface area contributed by atoms with E-state index in [0.29, 0.717) is 5.88 Å². The first-order valence-corrected chi connectivity index (χ1v) is 6.57. The fourth-order valence-electron chi connectivity index (χ4n) is 1.48. The van der Waals surface area contributed by atoms with Gasteiger partial charge < -0.3 is 4.74 Å². The monoisotopic (exact) mass is 291 g/mol. The van der Waals surface area contributed by atoms with E-state index in [4.69, 9.17) is 4.74 Å². The molecule has 3 heteroatoms. The van der Waals surface area contributed by atoms with Gasteiger partial charge in [0.1, 0.15) is 5.75 Å². The molecule has 0 aliphatic rings. The lowest BCUT2D eigenvalue weighted by molar-refractivity contribution is 0.459. The second-order valence-electron chi connectivity index (χ2n) is 4.01. The molecule has 0 aliphatic heterocycles. The molecule has 1 aromatic heterocycles. The average molecular weight is 292 g/mol. The Morgan fingerprint density at radius 2 is 2.00 bits per heavy atom. The largest absolute Gasteiger partial charge is 0.439 e. The summed E-state index contributed by atoms with van der Waals surface area (Å²) >= 11 is 3.39. The van der Waals surface area contributed by atoms with Crippen molar-refractivity contribution in [1.82, 2.24) is 4.98 Å². The Morgan fingerprint density at radius 1 is 1.18 bits per heavy atom. The average Bonchev–Trinajstić information content (AvgIpc) is 2.35. The minimum absolute atomic E-state index is 0.628. The van der Waals surface area contributed by atoms with Crippen LogP contribution in [-0.2, 0) is 5.33 Å². The molecular formula is C14H14BrNO. The second-order valence-corrected chi connectivity index (χ2v) is 4.57. The van der Waals surface area contributed by atoms with E-state index in [1.54, 1.807) is 0 Å². The van der Waals surface area contributed by atoms with Crippen molar-refractivity contribution < 1.29 is 4.74 Å². The van der Waals surface area contributed by atoms with Crippen molar-refractivity contribution in [3.05, 3.63) is 53.2 Å². The molecule has 1 aromatic carbocycles. The van der Waals surface area contributed by atoms with Gasteiger partial charge in [0.15, 0.2) is 0 Å². The number of aryl methyl sites for hydroxylation is 2. The Hall–Kier alpha value is -1.35. The number of rotatable bonds is 3. The van der Waals surface area contributed by atoms with Gasteiger partial charge in [0, 0.05) is 17.6 Å². The molecule has 0 atom stereocenters. The Kier molecular flexibility index (Phi) is 3.79. The highest BCUT2D eigenvalue weighted by molar-refractivity contribution is 9.08. The maximum atomic E-state index is 5.76. The number of alkyl halides is 1. The van der Waals surface area contributed by atoms with E-state index in [1.807, 2.05) is 38.2 Å². The number of ether oxygens (including phenoxy) is 1. The lowest BCUT2D eigenvalue weighted by atomic mass is 10.1. The zero-order valence-corrected chi connectivity index (χ0v) is 11.5. The molecule has 0 N–H and O–H groups in total. The first-order chi connectivity index (χ1) is 8.19. The lowest BCUT2D eigenvalue weighted by Crippen LogP contribution is -1.91. The molecular weight excluding hydrogens is 278 g/mol. The van der Waals surface area contributed by atoms with Gasteiger partial charge in [-0.2, -0.15) is 0 Å². The standard InChI is InChI=1S/C14H14BrNO/c1-10-3-4-11(2)13(7-10)17-14-6-5-12(8-15)9-16-14/h3-7,9H,8H2,1-2H3. The van der Waals surface area contributed by atoms with Crippen LogP contribution in [0.1, 0.15) is 16.7 Å². The molecule has 0 radical (unpaired) electrons. The van der Waals surface area contributed by atoms with Crippen LogP contribution in [-0.4, -0.2) is 4.98 Å². The van der Waals surface area contributed by atoms with Crippen LogP contribution in [0.3, 0.4) is 0 Å². The highest BCUT2D eigenvalue weighted by atomic mass is 79.9. The van der Waals surface area contributed by atoms with Crippen LogP contribution in [0.5, 0.6) is 11.6 Å². The molecule has 0 fully saturated rings. The lowest BCUT2D eigenvalue weighted by Gasteiger charge is -2.08. The van der Waals surface area contributed by atoms with Crippen LogP contribution in [0.15, 0.2) is 36.5 Å². The molecule has 0 aliphatic carbocycles. The predicted molar refractivity (Wildman–Crippen MR) is 72.9 cm³/mol. The number of nitrogens with zero attached hydrogens (tertiary/aromatic N) is 1. The zero-order chi connectivity index (χ0) is 12.3. The fraction of sp³-hybridized carbons (Fsp3) is 0.214. The Morgan fingerprint density at radius 3 is 2.65 bits per heavy atom. The van der Waals surface area contributed by atoms with Crippen molar-refractivity contribution in [2.75, 3.05) is 0 Å². The minimum atomic E-state index is 0.628. The summed E-state index contributed by atoms with van der Waals surface area (Å²) in [5.41, 5.74) is 3.43. The molecule has 0 unspecified atom stereocenters. The van der Waals surface area contributed by atoms with E-state index in [0.717, 1.165) is 22.2 Å². The van der Waals surface area contributed by atoms with Crippen LogP contribution in [0, 0.1) is 13.8 Å². The van der Waals surface area contributed by atoms with Crippen LogP contribution in [0.4, 0.5) is 0 Å². The van der Waals surface area contributed by atoms with E-state index < -0.39 is 0 Å². The predicted octanol–water partition coefficient (Wildman–Crippen LogP) is 4.39. The maximum Gasteiger partial charge on any atom is 0.219 e. The minimum Gasteiger partial charge on any atom is -0.439 e. The topological polar surface area (TPSA) is 22.1 Å². The summed E-state index contributed by atoms with van der Waals surface area (Å²) in [5, 5.41) is 0.809. The zero-order valence-electron chi connectivity index (χ0n) is 9.90. The highest BCUT2D eigenvalue weighted by Gasteiger charge is 2.02. The summed E-state index contributed by atoms with van der Waals surface area (Å²) in [6.07, 6.45) is 1.81. The second kappa shape index (κ2) is 5.32. The first-order valence-electron chi connectivity index (χ1n) is 5.45. The van der Waals surface area contributed by atoms with Gasteiger partial charge in [-0.3, -0.25) is 0 Å². The van der Waals surface area contributed by atoms with E-state index in [9.17, 15) is 0 Å². The van der Waals surface area contributed by atoms with E-state index in [2.05, 4.69) is 33.0 Å². The summed E-state index contributed by atoms with van der Waals surface area (Å²) in [7, 11) is 0. The molecule has 17 heavy (non-hydrogen) atoms. The molecule has 2 aromatic rings. The van der Waals surface area contributed by atoms with Gasteiger partial charge in [0.05, 0.1) is 0 Å². The SMILES string of the molecule is Cc1ccc(C)c(Oc2ccc(CBr)cn2)c1. The fourth-order valence-corrected chi connectivity index (χ4v) is 1.81. The molecule has 0 saturated carbocycles. The van der Waals surface area contributed by atoms with E-state index in [1.165, 1.54) is 5.56 Å². The maximum absolute atomic E-state index is 5.76. The summed E-state index contributed by atoms with van der Waals surface area (Å²) in [6, 6.07) is 10.0. The number of aromatic nitrogens is 1. The van der Waals surface area contributed by atoms with E-state index in [-0.39, 0.29) is 0 Å². The van der Waals surface area contributed by atoms with Gasteiger partial charge in [-0.25, -0.2) is 4.98 Å². The first kappa shape index (κ1) is 12.1.